The molecule has 0 spiro atoms. The molecule has 0 fully saturated rings. The van der Waals surface area contributed by atoms with Crippen molar-refractivity contribution < 1.29 is 28.6 Å². The second-order valence-corrected chi connectivity index (χ2v) is 22.4. The zero-order chi connectivity index (χ0) is 55.7. The highest BCUT2D eigenvalue weighted by atomic mass is 16.6. The molecule has 0 radical (unpaired) electrons. The van der Waals surface area contributed by atoms with Gasteiger partial charge in [0.2, 0.25) is 0 Å². The number of ether oxygens (including phenoxy) is 3. The van der Waals surface area contributed by atoms with E-state index in [0.29, 0.717) is 19.3 Å². The van der Waals surface area contributed by atoms with Crippen LogP contribution in [0.5, 0.6) is 0 Å². The zero-order valence-corrected chi connectivity index (χ0v) is 51.2. The maximum Gasteiger partial charge on any atom is 0.306 e. The van der Waals surface area contributed by atoms with Crippen LogP contribution in [0.3, 0.4) is 0 Å². The minimum atomic E-state index is -0.796. The molecule has 6 heteroatoms. The lowest BCUT2D eigenvalue weighted by molar-refractivity contribution is -0.167. The van der Waals surface area contributed by atoms with Crippen molar-refractivity contribution in [1.82, 2.24) is 0 Å². The summed E-state index contributed by atoms with van der Waals surface area (Å²) >= 11 is 0. The van der Waals surface area contributed by atoms with Gasteiger partial charge < -0.3 is 14.2 Å². The van der Waals surface area contributed by atoms with E-state index in [1.807, 2.05) is 0 Å². The van der Waals surface area contributed by atoms with E-state index in [-0.39, 0.29) is 37.5 Å². The van der Waals surface area contributed by atoms with Crippen LogP contribution in [0.25, 0.3) is 0 Å². The molecule has 0 aromatic rings. The number of unbranched alkanes of at least 4 members (excludes halogenated alkanes) is 38. The SMILES string of the molecule is CC/C=C\C/C=C\C/C=C\C/C=C\C/C=C\C/C=C\CCCCC(=O)OC(COC(=O)CCCCCCCCCC)COC(=O)CCCCCCCCCCCCCCCCCCCCCCCCCCCCCCCC. The predicted molar refractivity (Wildman–Crippen MR) is 335 cm³/mol. The summed E-state index contributed by atoms with van der Waals surface area (Å²) in [6, 6.07) is 0. The Kier molecular flexibility index (Phi) is 62.7. The van der Waals surface area contributed by atoms with Gasteiger partial charge in [-0.3, -0.25) is 14.4 Å². The molecule has 0 aliphatic heterocycles. The summed E-state index contributed by atoms with van der Waals surface area (Å²) in [4.78, 5) is 38.1. The topological polar surface area (TPSA) is 78.9 Å². The van der Waals surface area contributed by atoms with Gasteiger partial charge in [-0.15, -0.1) is 0 Å². The first-order valence-corrected chi connectivity index (χ1v) is 33.4. The summed E-state index contributed by atoms with van der Waals surface area (Å²) in [5, 5.41) is 0. The molecule has 0 amide bonds. The third kappa shape index (κ3) is 63.6. The molecule has 0 aliphatic rings. The Labute approximate surface area is 478 Å². The standard InChI is InChI=1S/C71H126O6/c1-4-7-10-13-16-19-21-23-25-27-29-31-32-33-34-35-36-37-38-39-41-42-44-46-48-50-52-55-58-61-64-70(73)76-67-68(66-75-69(72)63-60-57-54-18-15-12-9-6-3)77-71(74)65-62-59-56-53-51-49-47-45-43-40-30-28-26-24-22-20-17-14-11-8-5-2/h8,11,17,20,24,26,30,40,45,47,51,53,68H,4-7,9-10,12-16,18-19,21-23,25,27-29,31-39,41-44,46,48-50,52,54-67H2,1-3H3/b11-8-,20-17-,26-24-,40-30-,47-45-,53-51-. The monoisotopic (exact) mass is 1070 g/mol. The minimum Gasteiger partial charge on any atom is -0.462 e. The zero-order valence-electron chi connectivity index (χ0n) is 51.2. The van der Waals surface area contributed by atoms with E-state index in [1.54, 1.807) is 0 Å². The Morgan fingerprint density at radius 1 is 0.273 bits per heavy atom. The Hall–Kier alpha value is -3.15. The van der Waals surface area contributed by atoms with Crippen LogP contribution in [0.2, 0.25) is 0 Å². The molecular formula is C71H126O6. The van der Waals surface area contributed by atoms with Crippen LogP contribution in [-0.2, 0) is 28.6 Å². The van der Waals surface area contributed by atoms with E-state index in [1.165, 1.54) is 205 Å². The summed E-state index contributed by atoms with van der Waals surface area (Å²) in [5.41, 5.74) is 0. The van der Waals surface area contributed by atoms with Crippen molar-refractivity contribution in [3.05, 3.63) is 72.9 Å². The van der Waals surface area contributed by atoms with Crippen LogP contribution in [-0.4, -0.2) is 37.2 Å². The first-order chi connectivity index (χ1) is 38.0. The lowest BCUT2D eigenvalue weighted by Gasteiger charge is -2.18. The molecule has 77 heavy (non-hydrogen) atoms. The molecule has 446 valence electrons. The quantitative estimate of drug-likeness (QED) is 0.0261. The molecule has 0 N–H and O–H groups in total. The second kappa shape index (κ2) is 65.4. The average Bonchev–Trinajstić information content (AvgIpc) is 3.43. The van der Waals surface area contributed by atoms with Gasteiger partial charge in [-0.2, -0.15) is 0 Å². The predicted octanol–water partition coefficient (Wildman–Crippen LogP) is 22.9. The molecule has 0 saturated carbocycles. The number of carbonyl (C=O) groups excluding carboxylic acids is 3. The first kappa shape index (κ1) is 73.8. The Balaban J connectivity index is 4.13. The fraction of sp³-hybridized carbons (Fsp3) is 0.789. The number of esters is 3. The van der Waals surface area contributed by atoms with Crippen LogP contribution >= 0.6 is 0 Å². The molecule has 0 aromatic heterocycles. The smallest absolute Gasteiger partial charge is 0.306 e. The van der Waals surface area contributed by atoms with Crippen molar-refractivity contribution in [3.63, 3.8) is 0 Å². The van der Waals surface area contributed by atoms with E-state index in [9.17, 15) is 14.4 Å². The largest absolute Gasteiger partial charge is 0.462 e. The number of carbonyl (C=O) groups is 3. The molecule has 6 nitrogen and oxygen atoms in total. The Bertz CT molecular complexity index is 1420. The third-order valence-corrected chi connectivity index (χ3v) is 14.7. The maximum atomic E-state index is 12.9. The Morgan fingerprint density at radius 3 is 0.792 bits per heavy atom. The van der Waals surface area contributed by atoms with E-state index in [0.717, 1.165) is 89.9 Å². The van der Waals surface area contributed by atoms with Gasteiger partial charge in [-0.05, 0) is 70.6 Å². The van der Waals surface area contributed by atoms with Gasteiger partial charge in [-0.1, -0.05) is 325 Å². The molecule has 1 unspecified atom stereocenters. The van der Waals surface area contributed by atoms with E-state index < -0.39 is 6.10 Å². The average molecular weight is 1080 g/mol. The maximum absolute atomic E-state index is 12.9. The normalized spacial score (nSPS) is 12.5. The third-order valence-electron chi connectivity index (χ3n) is 14.7. The van der Waals surface area contributed by atoms with Crippen LogP contribution in [0, 0.1) is 0 Å². The molecular weight excluding hydrogens is 949 g/mol. The van der Waals surface area contributed by atoms with Crippen molar-refractivity contribution in [3.8, 4) is 0 Å². The van der Waals surface area contributed by atoms with Crippen molar-refractivity contribution in [1.29, 1.82) is 0 Å². The van der Waals surface area contributed by atoms with Gasteiger partial charge in [0, 0.05) is 19.3 Å². The second-order valence-electron chi connectivity index (χ2n) is 22.4. The number of hydrogen-bond donors (Lipinski definition) is 0. The van der Waals surface area contributed by atoms with Crippen LogP contribution in [0.1, 0.15) is 342 Å². The van der Waals surface area contributed by atoms with Gasteiger partial charge in [0.15, 0.2) is 6.10 Å². The van der Waals surface area contributed by atoms with E-state index in [2.05, 4.69) is 93.7 Å². The highest BCUT2D eigenvalue weighted by Crippen LogP contribution is 2.18. The van der Waals surface area contributed by atoms with Gasteiger partial charge in [0.1, 0.15) is 13.2 Å². The van der Waals surface area contributed by atoms with Gasteiger partial charge in [0.05, 0.1) is 0 Å². The molecule has 0 heterocycles. The fourth-order valence-electron chi connectivity index (χ4n) is 9.74. The number of hydrogen-bond acceptors (Lipinski definition) is 6. The van der Waals surface area contributed by atoms with Crippen molar-refractivity contribution in [2.24, 2.45) is 0 Å². The molecule has 0 aromatic carbocycles. The van der Waals surface area contributed by atoms with Crippen molar-refractivity contribution >= 4 is 17.9 Å². The van der Waals surface area contributed by atoms with E-state index >= 15 is 0 Å². The highest BCUT2D eigenvalue weighted by molar-refractivity contribution is 5.71. The van der Waals surface area contributed by atoms with Gasteiger partial charge >= 0.3 is 17.9 Å². The number of rotatable bonds is 61. The lowest BCUT2D eigenvalue weighted by atomic mass is 10.0. The van der Waals surface area contributed by atoms with Crippen LogP contribution in [0.15, 0.2) is 72.9 Å². The summed E-state index contributed by atoms with van der Waals surface area (Å²) in [5.74, 6) is -0.923. The Morgan fingerprint density at radius 2 is 0.506 bits per heavy atom. The molecule has 0 bridgehead atoms. The molecule has 0 aliphatic carbocycles. The summed E-state index contributed by atoms with van der Waals surface area (Å²) < 4.78 is 16.8. The van der Waals surface area contributed by atoms with E-state index in [4.69, 9.17) is 14.2 Å². The lowest BCUT2D eigenvalue weighted by Crippen LogP contribution is -2.30. The highest BCUT2D eigenvalue weighted by Gasteiger charge is 2.19. The minimum absolute atomic E-state index is 0.0895. The fourth-order valence-corrected chi connectivity index (χ4v) is 9.74. The summed E-state index contributed by atoms with van der Waals surface area (Å²) in [6.07, 6.45) is 85.3. The van der Waals surface area contributed by atoms with Crippen LogP contribution in [0.4, 0.5) is 0 Å². The molecule has 1 atom stereocenters. The molecule has 0 saturated heterocycles. The first-order valence-electron chi connectivity index (χ1n) is 33.4. The summed E-state index contributed by atoms with van der Waals surface area (Å²) in [6.45, 7) is 6.50. The van der Waals surface area contributed by atoms with Crippen molar-refractivity contribution in [2.45, 2.75) is 348 Å². The molecule has 0 rings (SSSR count). The number of allylic oxidation sites excluding steroid dienone is 12. The van der Waals surface area contributed by atoms with Crippen molar-refractivity contribution in [2.75, 3.05) is 13.2 Å². The van der Waals surface area contributed by atoms with Gasteiger partial charge in [-0.25, -0.2) is 0 Å². The summed E-state index contributed by atoms with van der Waals surface area (Å²) in [7, 11) is 0. The van der Waals surface area contributed by atoms with Crippen LogP contribution < -0.4 is 0 Å². The van der Waals surface area contributed by atoms with Gasteiger partial charge in [0.25, 0.3) is 0 Å².